The van der Waals surface area contributed by atoms with Crippen LogP contribution in [0, 0.1) is 0 Å². The minimum atomic E-state index is 0.458. The van der Waals surface area contributed by atoms with Crippen molar-refractivity contribution in [2.24, 2.45) is 5.73 Å². The predicted octanol–water partition coefficient (Wildman–Crippen LogP) is 4.71. The van der Waals surface area contributed by atoms with Crippen molar-refractivity contribution in [2.45, 2.75) is 32.2 Å². The van der Waals surface area contributed by atoms with Gasteiger partial charge in [0.25, 0.3) is 0 Å². The topological polar surface area (TPSA) is 43.3 Å². The lowest BCUT2D eigenvalue weighted by Gasteiger charge is -2.12. The second kappa shape index (κ2) is 5.53. The fraction of sp³-hybridized carbons (Fsp3) is 0.312. The van der Waals surface area contributed by atoms with E-state index in [-0.39, 0.29) is 0 Å². The second-order valence-electron chi connectivity index (χ2n) is 5.54. The van der Waals surface area contributed by atoms with Crippen LogP contribution in [0.3, 0.4) is 0 Å². The maximum Gasteiger partial charge on any atom is 0.194 e. The number of halogens is 2. The summed E-state index contributed by atoms with van der Waals surface area (Å²) in [6.07, 6.45) is 4.78. The molecule has 1 aromatic carbocycles. The summed E-state index contributed by atoms with van der Waals surface area (Å²) in [4.78, 5) is 7.33. The summed E-state index contributed by atoms with van der Waals surface area (Å²) in [5, 5.41) is 1.10. The Balaban J connectivity index is 1.94. The molecule has 0 saturated carbocycles. The highest BCUT2D eigenvalue weighted by molar-refractivity contribution is 7.17. The van der Waals surface area contributed by atoms with Crippen molar-refractivity contribution in [3.8, 4) is 11.3 Å². The fourth-order valence-electron chi connectivity index (χ4n) is 3.16. The molecule has 1 aliphatic carbocycles. The summed E-state index contributed by atoms with van der Waals surface area (Å²) >= 11 is 14.0. The molecular formula is C16H15Cl2N3S. The zero-order valence-corrected chi connectivity index (χ0v) is 14.2. The summed E-state index contributed by atoms with van der Waals surface area (Å²) in [7, 11) is 0. The highest BCUT2D eigenvalue weighted by atomic mass is 35.5. The third-order valence-corrected chi connectivity index (χ3v) is 6.08. The molecule has 0 spiro atoms. The first-order chi connectivity index (χ1) is 10.7. The SMILES string of the molecule is NCc1c(-c2ccc(Cl)c(Cl)c2)nc2sc3c(n12)CCCC3. The maximum absolute atomic E-state index is 6.15. The summed E-state index contributed by atoms with van der Waals surface area (Å²) < 4.78 is 2.26. The van der Waals surface area contributed by atoms with Crippen LogP contribution in [0.5, 0.6) is 0 Å². The highest BCUT2D eigenvalue weighted by Gasteiger charge is 2.22. The van der Waals surface area contributed by atoms with Crippen LogP contribution < -0.4 is 5.73 Å². The van der Waals surface area contributed by atoms with Crippen molar-refractivity contribution in [2.75, 3.05) is 0 Å². The van der Waals surface area contributed by atoms with Gasteiger partial charge in [0.15, 0.2) is 4.96 Å². The average molecular weight is 352 g/mol. The summed E-state index contributed by atoms with van der Waals surface area (Å²) in [5.41, 5.74) is 10.4. The monoisotopic (exact) mass is 351 g/mol. The zero-order chi connectivity index (χ0) is 15.3. The van der Waals surface area contributed by atoms with Gasteiger partial charge in [0.2, 0.25) is 0 Å². The third-order valence-electron chi connectivity index (χ3n) is 4.20. The second-order valence-corrected chi connectivity index (χ2v) is 7.41. The van der Waals surface area contributed by atoms with Gasteiger partial charge in [-0.15, -0.1) is 11.3 Å². The van der Waals surface area contributed by atoms with E-state index in [4.69, 9.17) is 33.9 Å². The molecule has 0 atom stereocenters. The molecule has 0 radical (unpaired) electrons. The van der Waals surface area contributed by atoms with Gasteiger partial charge in [-0.1, -0.05) is 29.3 Å². The Hall–Kier alpha value is -1.07. The van der Waals surface area contributed by atoms with E-state index in [1.807, 2.05) is 18.2 Å². The van der Waals surface area contributed by atoms with Gasteiger partial charge in [-0.2, -0.15) is 0 Å². The largest absolute Gasteiger partial charge is 0.325 e. The van der Waals surface area contributed by atoms with Crippen LogP contribution in [0.4, 0.5) is 0 Å². The first kappa shape index (κ1) is 14.5. The highest BCUT2D eigenvalue weighted by Crippen LogP contribution is 2.36. The molecule has 22 heavy (non-hydrogen) atoms. The van der Waals surface area contributed by atoms with Crippen LogP contribution in [0.1, 0.15) is 29.1 Å². The van der Waals surface area contributed by atoms with Gasteiger partial charge in [0, 0.05) is 22.7 Å². The summed E-state index contributed by atoms with van der Waals surface area (Å²) in [6, 6.07) is 5.62. The van der Waals surface area contributed by atoms with Crippen molar-refractivity contribution in [1.82, 2.24) is 9.38 Å². The fourth-order valence-corrected chi connectivity index (χ4v) is 4.68. The number of nitrogens with two attached hydrogens (primary N) is 1. The van der Waals surface area contributed by atoms with Gasteiger partial charge in [0.05, 0.1) is 21.4 Å². The molecule has 114 valence electrons. The smallest absolute Gasteiger partial charge is 0.194 e. The van der Waals surface area contributed by atoms with E-state index in [2.05, 4.69) is 4.40 Å². The van der Waals surface area contributed by atoms with E-state index >= 15 is 0 Å². The van der Waals surface area contributed by atoms with E-state index in [9.17, 15) is 0 Å². The van der Waals surface area contributed by atoms with Crippen LogP contribution in [0.2, 0.25) is 10.0 Å². The van der Waals surface area contributed by atoms with Crippen molar-refractivity contribution in [1.29, 1.82) is 0 Å². The molecule has 4 rings (SSSR count). The van der Waals surface area contributed by atoms with Crippen molar-refractivity contribution < 1.29 is 0 Å². The van der Waals surface area contributed by atoms with Crippen LogP contribution in [-0.2, 0) is 19.4 Å². The Labute approximate surface area is 142 Å². The first-order valence-corrected chi connectivity index (χ1v) is 8.93. The number of nitrogens with zero attached hydrogens (tertiary/aromatic N) is 2. The number of aryl methyl sites for hydroxylation is 2. The summed E-state index contributed by atoms with van der Waals surface area (Å²) in [6.45, 7) is 0.458. The van der Waals surface area contributed by atoms with Gasteiger partial charge < -0.3 is 5.73 Å². The maximum atomic E-state index is 6.15. The van der Waals surface area contributed by atoms with Gasteiger partial charge in [0.1, 0.15) is 0 Å². The molecule has 6 heteroatoms. The van der Waals surface area contributed by atoms with Crippen LogP contribution in [-0.4, -0.2) is 9.38 Å². The molecule has 0 unspecified atom stereocenters. The van der Waals surface area contributed by atoms with Crippen LogP contribution >= 0.6 is 34.5 Å². The molecule has 2 aromatic heterocycles. The minimum Gasteiger partial charge on any atom is -0.325 e. The molecule has 2 heterocycles. The van der Waals surface area contributed by atoms with Crippen molar-refractivity contribution in [3.63, 3.8) is 0 Å². The number of imidazole rings is 1. The number of hydrogen-bond acceptors (Lipinski definition) is 3. The van der Waals surface area contributed by atoms with E-state index in [1.165, 1.54) is 23.4 Å². The standard InChI is InChI=1S/C16H15Cl2N3S/c17-10-6-5-9(7-11(10)18)15-13(8-19)21-12-3-1-2-4-14(12)22-16(21)20-15/h5-7H,1-4,8,19H2. The van der Waals surface area contributed by atoms with Crippen molar-refractivity contribution >= 4 is 39.5 Å². The van der Waals surface area contributed by atoms with Crippen LogP contribution in [0.25, 0.3) is 16.2 Å². The molecule has 0 amide bonds. The normalized spacial score (nSPS) is 14.5. The Morgan fingerprint density at radius 2 is 2.00 bits per heavy atom. The molecule has 0 aliphatic heterocycles. The number of thiazole rings is 1. The molecule has 0 fully saturated rings. The Kier molecular flexibility index (Phi) is 3.65. The van der Waals surface area contributed by atoms with Gasteiger partial charge in [-0.25, -0.2) is 4.98 Å². The zero-order valence-electron chi connectivity index (χ0n) is 11.9. The first-order valence-electron chi connectivity index (χ1n) is 7.36. The molecule has 3 aromatic rings. The van der Waals surface area contributed by atoms with Gasteiger partial charge in [-0.3, -0.25) is 4.40 Å². The number of hydrogen-bond donors (Lipinski definition) is 1. The summed E-state index contributed by atoms with van der Waals surface area (Å²) in [5.74, 6) is 0. The van der Waals surface area contributed by atoms with E-state index in [0.29, 0.717) is 16.6 Å². The van der Waals surface area contributed by atoms with Gasteiger partial charge >= 0.3 is 0 Å². The molecule has 2 N–H and O–H groups in total. The third kappa shape index (κ3) is 2.17. The Morgan fingerprint density at radius 1 is 1.18 bits per heavy atom. The lowest BCUT2D eigenvalue weighted by Crippen LogP contribution is -2.08. The number of rotatable bonds is 2. The number of aromatic nitrogens is 2. The lowest BCUT2D eigenvalue weighted by atomic mass is 10.0. The Morgan fingerprint density at radius 3 is 2.77 bits per heavy atom. The molecule has 0 bridgehead atoms. The number of benzene rings is 1. The minimum absolute atomic E-state index is 0.458. The number of fused-ring (bicyclic) bond motifs is 3. The quantitative estimate of drug-likeness (QED) is 0.726. The molecular weight excluding hydrogens is 337 g/mol. The average Bonchev–Trinajstić information content (AvgIpc) is 3.05. The van der Waals surface area contributed by atoms with E-state index < -0.39 is 0 Å². The molecule has 1 aliphatic rings. The van der Waals surface area contributed by atoms with Gasteiger partial charge in [-0.05, 0) is 37.8 Å². The van der Waals surface area contributed by atoms with Crippen molar-refractivity contribution in [3.05, 3.63) is 44.5 Å². The van der Waals surface area contributed by atoms with E-state index in [1.54, 1.807) is 11.3 Å². The van der Waals surface area contributed by atoms with E-state index in [0.717, 1.165) is 34.8 Å². The predicted molar refractivity (Wildman–Crippen MR) is 93.1 cm³/mol. The lowest BCUT2D eigenvalue weighted by molar-refractivity contribution is 0.670. The Bertz CT molecular complexity index is 866. The molecule has 0 saturated heterocycles. The van der Waals surface area contributed by atoms with Crippen LogP contribution in [0.15, 0.2) is 18.2 Å². The molecule has 3 nitrogen and oxygen atoms in total.